The second-order valence-corrected chi connectivity index (χ2v) is 7.02. The van der Waals surface area contributed by atoms with E-state index in [2.05, 4.69) is 33.4 Å². The third-order valence-corrected chi connectivity index (χ3v) is 5.22. The minimum Gasteiger partial charge on any atom is -0.480 e. The second kappa shape index (κ2) is 5.49. The highest BCUT2D eigenvalue weighted by Gasteiger charge is 2.43. The summed E-state index contributed by atoms with van der Waals surface area (Å²) in [7, 11) is 0. The molecule has 0 saturated heterocycles. The summed E-state index contributed by atoms with van der Waals surface area (Å²) in [6.45, 7) is 0. The summed E-state index contributed by atoms with van der Waals surface area (Å²) in [5.41, 5.74) is 1.69. The van der Waals surface area contributed by atoms with E-state index in [-0.39, 0.29) is 0 Å². The molecule has 0 spiro atoms. The number of benzene rings is 1. The number of carboxylic acid groups (broad SMARTS) is 1. The minimum atomic E-state index is -0.768. The molecule has 0 radical (unpaired) electrons. The molecule has 1 aromatic rings. The van der Waals surface area contributed by atoms with Gasteiger partial charge in [0.2, 0.25) is 0 Å². The van der Waals surface area contributed by atoms with Crippen molar-refractivity contribution >= 4 is 21.9 Å². The molecule has 2 N–H and O–H groups in total. The Morgan fingerprint density at radius 2 is 2.05 bits per heavy atom. The Kier molecular flexibility index (Phi) is 3.87. The Morgan fingerprint density at radius 1 is 1.30 bits per heavy atom. The van der Waals surface area contributed by atoms with Crippen LogP contribution in [0.15, 0.2) is 22.7 Å². The van der Waals surface area contributed by atoms with E-state index < -0.39 is 11.5 Å². The summed E-state index contributed by atoms with van der Waals surface area (Å²) >= 11 is 3.49. The molecule has 1 unspecified atom stereocenters. The minimum absolute atomic E-state index is 0.378. The van der Waals surface area contributed by atoms with Crippen molar-refractivity contribution in [2.75, 3.05) is 0 Å². The highest BCUT2D eigenvalue weighted by atomic mass is 79.9. The molecular formula is C16H20BrNO2. The van der Waals surface area contributed by atoms with Gasteiger partial charge in [-0.3, -0.25) is 10.1 Å². The molecule has 108 valence electrons. The molecule has 3 rings (SSSR count). The second-order valence-electron chi connectivity index (χ2n) is 6.10. The molecule has 1 saturated carbocycles. The van der Waals surface area contributed by atoms with Crippen molar-refractivity contribution in [1.29, 1.82) is 0 Å². The summed E-state index contributed by atoms with van der Waals surface area (Å²) in [5.74, 6) is -0.696. The zero-order valence-corrected chi connectivity index (χ0v) is 13.1. The van der Waals surface area contributed by atoms with Gasteiger partial charge in [-0.15, -0.1) is 0 Å². The van der Waals surface area contributed by atoms with Crippen LogP contribution in [0.1, 0.15) is 43.2 Å². The Hall–Kier alpha value is -0.870. The van der Waals surface area contributed by atoms with Crippen LogP contribution in [-0.2, 0) is 17.6 Å². The van der Waals surface area contributed by atoms with Gasteiger partial charge in [0.25, 0.3) is 0 Å². The van der Waals surface area contributed by atoms with Crippen LogP contribution in [0.3, 0.4) is 0 Å². The molecule has 4 heteroatoms. The normalized spacial score (nSPS) is 26.4. The fourth-order valence-electron chi connectivity index (χ4n) is 3.59. The van der Waals surface area contributed by atoms with Crippen molar-refractivity contribution < 1.29 is 9.90 Å². The topological polar surface area (TPSA) is 49.3 Å². The number of rotatable bonds is 3. The van der Waals surface area contributed by atoms with Gasteiger partial charge in [-0.1, -0.05) is 34.8 Å². The van der Waals surface area contributed by atoms with Crippen LogP contribution in [0, 0.1) is 0 Å². The number of nitrogens with one attached hydrogen (secondary N) is 1. The van der Waals surface area contributed by atoms with E-state index in [1.165, 1.54) is 24.0 Å². The first-order valence-corrected chi connectivity index (χ1v) is 8.17. The molecule has 0 aliphatic heterocycles. The summed E-state index contributed by atoms with van der Waals surface area (Å²) in [6, 6.07) is 6.57. The van der Waals surface area contributed by atoms with Gasteiger partial charge in [-0.05, 0) is 48.9 Å². The average Bonchev–Trinajstić information content (AvgIpc) is 2.91. The SMILES string of the molecule is O=C(O)C1(NC2CCCC2)CCc2cc(Br)ccc2C1. The van der Waals surface area contributed by atoms with Crippen LogP contribution in [0.5, 0.6) is 0 Å². The van der Waals surface area contributed by atoms with Gasteiger partial charge in [0.15, 0.2) is 0 Å². The van der Waals surface area contributed by atoms with Crippen LogP contribution in [0.4, 0.5) is 0 Å². The van der Waals surface area contributed by atoms with Gasteiger partial charge >= 0.3 is 5.97 Å². The van der Waals surface area contributed by atoms with Gasteiger partial charge in [-0.2, -0.15) is 0 Å². The number of hydrogen-bond acceptors (Lipinski definition) is 2. The maximum absolute atomic E-state index is 11.9. The molecule has 0 bridgehead atoms. The third-order valence-electron chi connectivity index (χ3n) is 4.73. The maximum Gasteiger partial charge on any atom is 0.324 e. The van der Waals surface area contributed by atoms with Crippen LogP contribution in [0.2, 0.25) is 0 Å². The highest BCUT2D eigenvalue weighted by Crippen LogP contribution is 2.33. The van der Waals surface area contributed by atoms with E-state index in [9.17, 15) is 9.90 Å². The first-order valence-electron chi connectivity index (χ1n) is 7.37. The molecule has 2 aliphatic carbocycles. The number of aliphatic carboxylic acids is 1. The highest BCUT2D eigenvalue weighted by molar-refractivity contribution is 9.10. The molecule has 0 aromatic heterocycles. The molecule has 3 nitrogen and oxygen atoms in total. The van der Waals surface area contributed by atoms with Crippen molar-refractivity contribution in [1.82, 2.24) is 5.32 Å². The predicted octanol–water partition coefficient (Wildman–Crippen LogP) is 3.29. The fraction of sp³-hybridized carbons (Fsp3) is 0.562. The van der Waals surface area contributed by atoms with Crippen molar-refractivity contribution in [2.45, 2.75) is 56.5 Å². The van der Waals surface area contributed by atoms with Crippen molar-refractivity contribution in [3.63, 3.8) is 0 Å². The van der Waals surface area contributed by atoms with Gasteiger partial charge in [0, 0.05) is 16.9 Å². The van der Waals surface area contributed by atoms with Gasteiger partial charge < -0.3 is 5.11 Å². The first-order chi connectivity index (χ1) is 9.59. The molecular weight excluding hydrogens is 318 g/mol. The number of hydrogen-bond donors (Lipinski definition) is 2. The summed E-state index contributed by atoms with van der Waals surface area (Å²) in [6.07, 6.45) is 6.78. The van der Waals surface area contributed by atoms with Crippen LogP contribution < -0.4 is 5.32 Å². The Bertz CT molecular complexity index is 525. The standard InChI is InChI=1S/C16H20BrNO2/c17-13-6-5-12-10-16(15(19)20,8-7-11(12)9-13)18-14-3-1-2-4-14/h5-6,9,14,18H,1-4,7-8,10H2,(H,19,20). The number of fused-ring (bicyclic) bond motifs is 1. The van der Waals surface area contributed by atoms with Gasteiger partial charge in [0.1, 0.15) is 5.54 Å². The smallest absolute Gasteiger partial charge is 0.324 e. The molecule has 1 fully saturated rings. The summed E-state index contributed by atoms with van der Waals surface area (Å²) in [5, 5.41) is 13.2. The fourth-order valence-corrected chi connectivity index (χ4v) is 4.00. The predicted molar refractivity (Wildman–Crippen MR) is 81.9 cm³/mol. The van der Waals surface area contributed by atoms with E-state index in [1.54, 1.807) is 0 Å². The Balaban J connectivity index is 1.85. The summed E-state index contributed by atoms with van der Waals surface area (Å²) in [4.78, 5) is 11.9. The largest absolute Gasteiger partial charge is 0.480 e. The van der Waals surface area contributed by atoms with E-state index in [1.807, 2.05) is 6.07 Å². The van der Waals surface area contributed by atoms with E-state index in [4.69, 9.17) is 0 Å². The Labute approximate surface area is 127 Å². The van der Waals surface area contributed by atoms with Crippen molar-refractivity contribution in [3.8, 4) is 0 Å². The molecule has 2 aliphatic rings. The number of carboxylic acids is 1. The van der Waals surface area contributed by atoms with E-state index >= 15 is 0 Å². The lowest BCUT2D eigenvalue weighted by Gasteiger charge is -2.37. The van der Waals surface area contributed by atoms with E-state index in [0.717, 1.165) is 23.7 Å². The van der Waals surface area contributed by atoms with Crippen molar-refractivity contribution in [2.24, 2.45) is 0 Å². The first kappa shape index (κ1) is 14.1. The lowest BCUT2D eigenvalue weighted by molar-refractivity contribution is -0.146. The lowest BCUT2D eigenvalue weighted by Crippen LogP contribution is -2.58. The molecule has 1 atom stereocenters. The summed E-state index contributed by atoms with van der Waals surface area (Å²) < 4.78 is 1.07. The van der Waals surface area contributed by atoms with Gasteiger partial charge in [-0.25, -0.2) is 0 Å². The van der Waals surface area contributed by atoms with Crippen LogP contribution in [-0.4, -0.2) is 22.7 Å². The zero-order chi connectivity index (χ0) is 14.2. The van der Waals surface area contributed by atoms with E-state index in [0.29, 0.717) is 18.9 Å². The molecule has 20 heavy (non-hydrogen) atoms. The maximum atomic E-state index is 11.9. The van der Waals surface area contributed by atoms with Crippen LogP contribution >= 0.6 is 15.9 Å². The quantitative estimate of drug-likeness (QED) is 0.889. The molecule has 0 amide bonds. The van der Waals surface area contributed by atoms with Gasteiger partial charge in [0.05, 0.1) is 0 Å². The Morgan fingerprint density at radius 3 is 2.75 bits per heavy atom. The molecule has 1 aromatic carbocycles. The molecule has 0 heterocycles. The monoisotopic (exact) mass is 337 g/mol. The zero-order valence-electron chi connectivity index (χ0n) is 11.5. The number of aryl methyl sites for hydroxylation is 1. The van der Waals surface area contributed by atoms with Crippen molar-refractivity contribution in [3.05, 3.63) is 33.8 Å². The lowest BCUT2D eigenvalue weighted by atomic mass is 9.77. The third kappa shape index (κ3) is 2.63. The number of halogens is 1. The number of carbonyl (C=O) groups is 1. The average molecular weight is 338 g/mol. The van der Waals surface area contributed by atoms with Crippen LogP contribution in [0.25, 0.3) is 0 Å².